The lowest BCUT2D eigenvalue weighted by Crippen LogP contribution is -2.50. The molecule has 4 aliphatic rings. The van der Waals surface area contributed by atoms with Crippen molar-refractivity contribution < 1.29 is 19.7 Å². The van der Waals surface area contributed by atoms with Crippen LogP contribution in [0.1, 0.15) is 30.1 Å². The molecule has 0 saturated carbocycles. The maximum atomic E-state index is 12.6. The first-order valence-corrected chi connectivity index (χ1v) is 9.02. The summed E-state index contributed by atoms with van der Waals surface area (Å²) in [6.07, 6.45) is 1.48. The van der Waals surface area contributed by atoms with Crippen LogP contribution in [0.2, 0.25) is 0 Å². The molecule has 3 aliphatic heterocycles. The van der Waals surface area contributed by atoms with E-state index in [2.05, 4.69) is 16.0 Å². The van der Waals surface area contributed by atoms with Crippen LogP contribution in [0.25, 0.3) is 10.9 Å². The number of ether oxygens (including phenoxy) is 1. The van der Waals surface area contributed by atoms with Gasteiger partial charge in [-0.2, -0.15) is 0 Å². The molecule has 6 atom stereocenters. The molecule has 3 fully saturated rings. The lowest BCUT2D eigenvalue weighted by atomic mass is 9.69. The number of aliphatic carboxylic acids is 1. The second kappa shape index (κ2) is 4.26. The molecule has 3 N–H and O–H groups in total. The predicted molar refractivity (Wildman–Crippen MR) is 89.0 cm³/mol. The molecule has 2 aromatic rings. The number of hydrogen-bond acceptors (Lipinski definition) is 4. The van der Waals surface area contributed by atoms with E-state index < -0.39 is 23.1 Å². The molecule has 6 rings (SSSR count). The van der Waals surface area contributed by atoms with Crippen LogP contribution >= 0.6 is 0 Å². The molecule has 6 bridgehead atoms. The van der Waals surface area contributed by atoms with Crippen LogP contribution in [-0.2, 0) is 14.9 Å². The van der Waals surface area contributed by atoms with Crippen molar-refractivity contribution in [1.29, 1.82) is 0 Å². The van der Waals surface area contributed by atoms with Crippen LogP contribution in [0.3, 0.4) is 0 Å². The van der Waals surface area contributed by atoms with E-state index in [1.165, 1.54) is 0 Å². The van der Waals surface area contributed by atoms with E-state index in [0.717, 1.165) is 41.7 Å². The van der Waals surface area contributed by atoms with E-state index in [4.69, 9.17) is 4.74 Å². The quantitative estimate of drug-likeness (QED) is 0.734. The fraction of sp³-hybridized carbons (Fsp3) is 0.526. The zero-order valence-corrected chi connectivity index (χ0v) is 13.7. The molecular weight excluding hydrogens is 320 g/mol. The first kappa shape index (κ1) is 14.3. The second-order valence-electron chi connectivity index (χ2n) is 7.99. The van der Waals surface area contributed by atoms with Gasteiger partial charge in [-0.25, -0.2) is 0 Å². The zero-order chi connectivity index (χ0) is 17.0. The van der Waals surface area contributed by atoms with Gasteiger partial charge in [0.15, 0.2) is 5.79 Å². The summed E-state index contributed by atoms with van der Waals surface area (Å²) in [7, 11) is 0. The lowest BCUT2D eigenvalue weighted by Gasteiger charge is -2.36. The number of para-hydroxylation sites is 1. The summed E-state index contributed by atoms with van der Waals surface area (Å²) < 4.78 is 5.93. The Labute approximate surface area is 144 Å². The van der Waals surface area contributed by atoms with E-state index in [9.17, 15) is 15.0 Å². The molecule has 6 nitrogen and oxygen atoms in total. The number of aliphatic hydroxyl groups is 1. The molecule has 25 heavy (non-hydrogen) atoms. The van der Waals surface area contributed by atoms with Crippen molar-refractivity contribution in [2.45, 2.75) is 30.1 Å². The summed E-state index contributed by atoms with van der Waals surface area (Å²) in [6, 6.07) is 8.05. The number of carboxylic acids is 1. The molecule has 2 unspecified atom stereocenters. The van der Waals surface area contributed by atoms with E-state index >= 15 is 0 Å². The maximum absolute atomic E-state index is 12.6. The molecule has 130 valence electrons. The van der Waals surface area contributed by atoms with Gasteiger partial charge in [0.25, 0.3) is 0 Å². The van der Waals surface area contributed by atoms with Crippen molar-refractivity contribution >= 4 is 16.9 Å². The number of hydrogen-bond donors (Lipinski definition) is 3. The Hall–Kier alpha value is -1.89. The lowest BCUT2D eigenvalue weighted by molar-refractivity contribution is -0.231. The topological polar surface area (TPSA) is 85.8 Å². The minimum Gasteiger partial charge on any atom is -0.480 e. The average Bonchev–Trinajstić information content (AvgIpc) is 3.19. The van der Waals surface area contributed by atoms with Crippen molar-refractivity contribution in [3.8, 4) is 0 Å². The monoisotopic (exact) mass is 340 g/mol. The van der Waals surface area contributed by atoms with E-state index in [0.29, 0.717) is 6.42 Å². The van der Waals surface area contributed by atoms with E-state index in [1.807, 2.05) is 18.2 Å². The maximum Gasteiger partial charge on any atom is 0.318 e. The fourth-order valence-electron chi connectivity index (χ4n) is 6.21. The summed E-state index contributed by atoms with van der Waals surface area (Å²) in [5.74, 6) is -2.75. The van der Waals surface area contributed by atoms with Gasteiger partial charge >= 0.3 is 5.97 Å². The molecule has 0 radical (unpaired) electrons. The summed E-state index contributed by atoms with van der Waals surface area (Å²) in [4.78, 5) is 18.4. The highest BCUT2D eigenvalue weighted by atomic mass is 16.6. The third kappa shape index (κ3) is 1.39. The second-order valence-corrected chi connectivity index (χ2v) is 7.99. The van der Waals surface area contributed by atoms with Gasteiger partial charge in [-0.15, -0.1) is 0 Å². The molecular formula is C19H20N2O4. The third-order valence-electron chi connectivity index (χ3n) is 7.23. The Morgan fingerprint density at radius 3 is 2.92 bits per heavy atom. The summed E-state index contributed by atoms with van der Waals surface area (Å²) >= 11 is 0. The smallest absolute Gasteiger partial charge is 0.318 e. The van der Waals surface area contributed by atoms with E-state index in [-0.39, 0.29) is 18.6 Å². The molecule has 1 aliphatic carbocycles. The van der Waals surface area contributed by atoms with Gasteiger partial charge in [-0.05, 0) is 37.6 Å². The van der Waals surface area contributed by atoms with Gasteiger partial charge in [0.1, 0.15) is 5.41 Å². The number of carbonyl (C=O) groups is 1. The van der Waals surface area contributed by atoms with Crippen molar-refractivity contribution in [2.75, 3.05) is 19.7 Å². The highest BCUT2D eigenvalue weighted by Crippen LogP contribution is 2.63. The number of H-pyrrole nitrogens is 1. The minimum absolute atomic E-state index is 0.0164. The standard InChI is InChI=1S/C19H20N2O4/c22-17(23)18-9-25-19(24)11-5-7-21(8-6-13(18)19)15(11)14-10-3-1-2-4-12(10)20-16(14)18/h1-4,11,13,15,20,24H,5-9H2,(H,22,23)/t11-,13?,15+,18-,19+/m0/s1. The Morgan fingerprint density at radius 2 is 2.08 bits per heavy atom. The number of aromatic nitrogens is 1. The number of benzene rings is 1. The van der Waals surface area contributed by atoms with Gasteiger partial charge < -0.3 is 19.9 Å². The molecule has 1 aromatic carbocycles. The number of nitrogens with zero attached hydrogens (tertiary/aromatic N) is 1. The Morgan fingerprint density at radius 1 is 1.28 bits per heavy atom. The van der Waals surface area contributed by atoms with Gasteiger partial charge in [0.05, 0.1) is 6.61 Å². The van der Waals surface area contributed by atoms with Crippen molar-refractivity contribution in [1.82, 2.24) is 9.88 Å². The summed E-state index contributed by atoms with van der Waals surface area (Å²) in [6.45, 7) is 1.77. The van der Waals surface area contributed by atoms with Gasteiger partial charge in [0.2, 0.25) is 0 Å². The number of nitrogens with one attached hydrogen (secondary N) is 1. The Balaban J connectivity index is 1.78. The van der Waals surface area contributed by atoms with E-state index in [1.54, 1.807) is 0 Å². The van der Waals surface area contributed by atoms with Crippen LogP contribution in [0, 0.1) is 11.8 Å². The number of carboxylic acid groups (broad SMARTS) is 1. The van der Waals surface area contributed by atoms with Gasteiger partial charge in [-0.3, -0.25) is 9.69 Å². The molecule has 0 spiro atoms. The molecule has 4 heterocycles. The van der Waals surface area contributed by atoms with Gasteiger partial charge in [-0.1, -0.05) is 18.2 Å². The van der Waals surface area contributed by atoms with Gasteiger partial charge in [0, 0.05) is 34.5 Å². The molecule has 6 heteroatoms. The molecule has 0 amide bonds. The minimum atomic E-state index is -1.35. The van der Waals surface area contributed by atoms with Crippen LogP contribution < -0.4 is 0 Å². The van der Waals surface area contributed by atoms with Crippen LogP contribution in [0.4, 0.5) is 0 Å². The first-order valence-electron chi connectivity index (χ1n) is 9.02. The third-order valence-corrected chi connectivity index (χ3v) is 7.23. The van der Waals surface area contributed by atoms with Crippen molar-refractivity contribution in [2.24, 2.45) is 11.8 Å². The average molecular weight is 340 g/mol. The first-order chi connectivity index (χ1) is 12.1. The Bertz CT molecular complexity index is 923. The fourth-order valence-corrected chi connectivity index (χ4v) is 6.21. The highest BCUT2D eigenvalue weighted by molar-refractivity contribution is 5.91. The zero-order valence-electron chi connectivity index (χ0n) is 13.7. The largest absolute Gasteiger partial charge is 0.480 e. The number of aromatic amines is 1. The normalized spacial score (nSPS) is 43.9. The van der Waals surface area contributed by atoms with Crippen molar-refractivity contribution in [3.63, 3.8) is 0 Å². The van der Waals surface area contributed by atoms with Crippen LogP contribution in [0.15, 0.2) is 24.3 Å². The summed E-state index contributed by atoms with van der Waals surface area (Å²) in [5, 5.41) is 22.9. The Kier molecular flexibility index (Phi) is 2.43. The number of fused-ring (bicyclic) bond motifs is 4. The highest BCUT2D eigenvalue weighted by Gasteiger charge is 2.72. The SMILES string of the molecule is O=C(O)[C@@]12CO[C@@]3(O)C1CCN1CC[C@H]3[C@@H]1c1c2[nH]c2ccccc12. The van der Waals surface area contributed by atoms with Crippen molar-refractivity contribution in [3.05, 3.63) is 35.5 Å². The molecule has 3 saturated heterocycles. The predicted octanol–water partition coefficient (Wildman–Crippen LogP) is 1.61. The molecule has 1 aromatic heterocycles. The summed E-state index contributed by atoms with van der Waals surface area (Å²) in [5.41, 5.74) is 1.60. The number of rotatable bonds is 1. The van der Waals surface area contributed by atoms with Crippen LogP contribution in [-0.4, -0.2) is 51.5 Å². The van der Waals surface area contributed by atoms with Crippen LogP contribution in [0.5, 0.6) is 0 Å².